The van der Waals surface area contributed by atoms with Crippen LogP contribution in [-0.4, -0.2) is 61.5 Å². The number of esters is 3. The second-order valence-electron chi connectivity index (χ2n) is 6.45. The molecule has 0 spiro atoms. The molecule has 0 unspecified atom stereocenters. The molecule has 0 aliphatic carbocycles. The topological polar surface area (TPSA) is 121 Å². The molecule has 0 aromatic heterocycles. The van der Waals surface area contributed by atoms with Crippen LogP contribution in [0.25, 0.3) is 0 Å². The zero-order chi connectivity index (χ0) is 22.3. The maximum absolute atomic E-state index is 11.8. The van der Waals surface area contributed by atoms with Crippen molar-refractivity contribution in [2.24, 2.45) is 0 Å². The minimum atomic E-state index is -1.07. The van der Waals surface area contributed by atoms with Gasteiger partial charge in [-0.05, 0) is 24.3 Å². The maximum atomic E-state index is 11.8. The lowest BCUT2D eigenvalue weighted by molar-refractivity contribution is -0.233. The minimum Gasteiger partial charge on any atom is -0.456 e. The van der Waals surface area contributed by atoms with Crippen LogP contribution in [0.1, 0.15) is 26.3 Å². The molecule has 1 aliphatic rings. The average Bonchev–Trinajstić information content (AvgIpc) is 2.68. The van der Waals surface area contributed by atoms with Crippen LogP contribution >= 0.6 is 11.8 Å². The Hall–Kier alpha value is -2.61. The number of nitriles is 1. The smallest absolute Gasteiger partial charge is 0.303 e. The van der Waals surface area contributed by atoms with Crippen molar-refractivity contribution in [1.82, 2.24) is 0 Å². The van der Waals surface area contributed by atoms with E-state index in [1.807, 2.05) is 6.07 Å². The molecule has 1 aromatic carbocycles. The van der Waals surface area contributed by atoms with Gasteiger partial charge in [0.25, 0.3) is 0 Å². The molecule has 2 rings (SSSR count). The minimum absolute atomic E-state index is 0.0756. The van der Waals surface area contributed by atoms with Crippen molar-refractivity contribution in [2.45, 2.75) is 55.5 Å². The standard InChI is InChI=1S/C20H23NO8S/c1-11(22)27-16-10-26-19(18(29-13(3)24)17(16)28-12(2)23)20(25-4)30-15-7-5-14(9-21)6-8-15/h5-8,16-20H,10H2,1-4H3/t16-,17-,18-,19+,20+/m1/s1. The first-order valence-corrected chi connectivity index (χ1v) is 9.96. The molecular weight excluding hydrogens is 414 g/mol. The monoisotopic (exact) mass is 437 g/mol. The average molecular weight is 437 g/mol. The van der Waals surface area contributed by atoms with Crippen LogP contribution in [0.3, 0.4) is 0 Å². The molecule has 1 saturated heterocycles. The second-order valence-corrected chi connectivity index (χ2v) is 7.62. The summed E-state index contributed by atoms with van der Waals surface area (Å²) in [6.07, 6.45) is -3.89. The molecule has 0 N–H and O–H groups in total. The van der Waals surface area contributed by atoms with Gasteiger partial charge in [-0.2, -0.15) is 5.26 Å². The van der Waals surface area contributed by atoms with Gasteiger partial charge in [0.1, 0.15) is 11.5 Å². The molecule has 162 valence electrons. The zero-order valence-corrected chi connectivity index (χ0v) is 17.8. The first-order valence-electron chi connectivity index (χ1n) is 9.08. The van der Waals surface area contributed by atoms with Crippen molar-refractivity contribution in [3.8, 4) is 6.07 Å². The number of carbonyl (C=O) groups is 3. The van der Waals surface area contributed by atoms with Gasteiger partial charge in [0.05, 0.1) is 18.2 Å². The van der Waals surface area contributed by atoms with E-state index >= 15 is 0 Å². The molecule has 5 atom stereocenters. The number of ether oxygens (including phenoxy) is 5. The molecule has 0 amide bonds. The summed E-state index contributed by atoms with van der Waals surface area (Å²) in [6, 6.07) is 8.88. The normalized spacial score (nSPS) is 24.2. The molecule has 0 radical (unpaired) electrons. The Kier molecular flexibility index (Phi) is 8.65. The molecule has 0 bridgehead atoms. The lowest BCUT2D eigenvalue weighted by Crippen LogP contribution is -2.60. The van der Waals surface area contributed by atoms with E-state index in [1.165, 1.54) is 39.6 Å². The second kappa shape index (κ2) is 11.0. The number of hydrogen-bond acceptors (Lipinski definition) is 10. The first-order chi connectivity index (χ1) is 14.2. The van der Waals surface area contributed by atoms with Gasteiger partial charge < -0.3 is 23.7 Å². The van der Waals surface area contributed by atoms with Crippen molar-refractivity contribution in [1.29, 1.82) is 5.26 Å². The van der Waals surface area contributed by atoms with Gasteiger partial charge >= 0.3 is 17.9 Å². The molecule has 0 saturated carbocycles. The van der Waals surface area contributed by atoms with Gasteiger partial charge in [-0.1, -0.05) is 11.8 Å². The van der Waals surface area contributed by atoms with Crippen molar-refractivity contribution < 1.29 is 38.1 Å². The van der Waals surface area contributed by atoms with Crippen LogP contribution in [-0.2, 0) is 38.1 Å². The van der Waals surface area contributed by atoms with Gasteiger partial charge in [0, 0.05) is 32.8 Å². The number of rotatable bonds is 7. The lowest BCUT2D eigenvalue weighted by Gasteiger charge is -2.42. The van der Waals surface area contributed by atoms with Gasteiger partial charge in [0.15, 0.2) is 18.3 Å². The van der Waals surface area contributed by atoms with Gasteiger partial charge in [0.2, 0.25) is 0 Å². The number of benzene rings is 1. The quantitative estimate of drug-likeness (QED) is 0.270. The summed E-state index contributed by atoms with van der Waals surface area (Å²) in [5.41, 5.74) is -0.141. The van der Waals surface area contributed by atoms with E-state index < -0.39 is 47.8 Å². The number of methoxy groups -OCH3 is 1. The highest BCUT2D eigenvalue weighted by atomic mass is 32.2. The Labute approximate surface area is 178 Å². The highest BCUT2D eigenvalue weighted by Gasteiger charge is 2.49. The Morgan fingerprint density at radius 3 is 2.10 bits per heavy atom. The summed E-state index contributed by atoms with van der Waals surface area (Å²) in [7, 11) is 1.47. The van der Waals surface area contributed by atoms with E-state index in [2.05, 4.69) is 0 Å². The Morgan fingerprint density at radius 1 is 1.03 bits per heavy atom. The van der Waals surface area contributed by atoms with Gasteiger partial charge in [-0.25, -0.2) is 0 Å². The Bertz CT molecular complexity index is 806. The Morgan fingerprint density at radius 2 is 1.60 bits per heavy atom. The molecule has 9 nitrogen and oxygen atoms in total. The van der Waals surface area contributed by atoms with Gasteiger partial charge in [-0.3, -0.25) is 14.4 Å². The fourth-order valence-corrected chi connectivity index (χ4v) is 4.02. The first kappa shape index (κ1) is 23.7. The van der Waals surface area contributed by atoms with Crippen LogP contribution in [0.2, 0.25) is 0 Å². The summed E-state index contributed by atoms with van der Waals surface area (Å²) in [5, 5.41) is 8.94. The predicted molar refractivity (Wildman–Crippen MR) is 104 cm³/mol. The van der Waals surface area contributed by atoms with E-state index in [1.54, 1.807) is 24.3 Å². The van der Waals surface area contributed by atoms with Gasteiger partial charge in [-0.15, -0.1) is 0 Å². The third-order valence-electron chi connectivity index (χ3n) is 4.12. The van der Waals surface area contributed by atoms with E-state index in [9.17, 15) is 14.4 Å². The van der Waals surface area contributed by atoms with E-state index in [4.69, 9.17) is 28.9 Å². The fourth-order valence-electron chi connectivity index (χ4n) is 2.99. The van der Waals surface area contributed by atoms with E-state index in [0.29, 0.717) is 5.56 Å². The number of hydrogen-bond donors (Lipinski definition) is 0. The number of carbonyl (C=O) groups excluding carboxylic acids is 3. The van der Waals surface area contributed by atoms with Crippen molar-refractivity contribution >= 4 is 29.7 Å². The van der Waals surface area contributed by atoms with Crippen molar-refractivity contribution in [3.05, 3.63) is 29.8 Å². The maximum Gasteiger partial charge on any atom is 0.303 e. The third kappa shape index (κ3) is 6.45. The SMILES string of the molecule is CO[C@@H](Sc1ccc(C#N)cc1)[C@H]1OC[C@@H](OC(C)=O)[C@@H](OC(C)=O)[C@H]1OC(C)=O. The molecule has 1 aliphatic heterocycles. The van der Waals surface area contributed by atoms with Crippen LogP contribution in [0.5, 0.6) is 0 Å². The predicted octanol–water partition coefficient (Wildman–Crippen LogP) is 1.82. The summed E-state index contributed by atoms with van der Waals surface area (Å²) in [6.45, 7) is 3.57. The van der Waals surface area contributed by atoms with Crippen LogP contribution in [0, 0.1) is 11.3 Å². The molecular formula is C20H23NO8S. The van der Waals surface area contributed by atoms with Crippen molar-refractivity contribution in [2.75, 3.05) is 13.7 Å². The molecule has 10 heteroatoms. The lowest BCUT2D eigenvalue weighted by atomic mass is 9.99. The van der Waals surface area contributed by atoms with E-state index in [-0.39, 0.29) is 6.61 Å². The van der Waals surface area contributed by atoms with E-state index in [0.717, 1.165) is 4.90 Å². The summed E-state index contributed by atoms with van der Waals surface area (Å²) in [4.78, 5) is 35.7. The molecule has 30 heavy (non-hydrogen) atoms. The summed E-state index contributed by atoms with van der Waals surface area (Å²) in [5.74, 6) is -1.83. The number of thioether (sulfide) groups is 1. The largest absolute Gasteiger partial charge is 0.456 e. The fraction of sp³-hybridized carbons (Fsp3) is 0.500. The summed E-state index contributed by atoms with van der Waals surface area (Å²) >= 11 is 1.29. The van der Waals surface area contributed by atoms with Crippen LogP contribution in [0.4, 0.5) is 0 Å². The highest BCUT2D eigenvalue weighted by molar-refractivity contribution is 7.99. The molecule has 1 aromatic rings. The van der Waals surface area contributed by atoms with Crippen LogP contribution < -0.4 is 0 Å². The Balaban J connectivity index is 2.31. The molecule has 1 fully saturated rings. The summed E-state index contributed by atoms with van der Waals surface area (Å²) < 4.78 is 27.4. The third-order valence-corrected chi connectivity index (χ3v) is 5.36. The van der Waals surface area contributed by atoms with Crippen molar-refractivity contribution in [3.63, 3.8) is 0 Å². The molecule has 1 heterocycles. The zero-order valence-electron chi connectivity index (χ0n) is 17.0. The highest BCUT2D eigenvalue weighted by Crippen LogP contribution is 2.34. The number of nitrogens with zero attached hydrogens (tertiary/aromatic N) is 1. The van der Waals surface area contributed by atoms with Crippen LogP contribution in [0.15, 0.2) is 29.2 Å².